The first kappa shape index (κ1) is 22.9. The van der Waals surface area contributed by atoms with Gasteiger partial charge in [0, 0.05) is 17.4 Å². The van der Waals surface area contributed by atoms with E-state index in [2.05, 4.69) is 10.6 Å². The number of hydrogen-bond donors (Lipinski definition) is 2. The lowest BCUT2D eigenvalue weighted by Gasteiger charge is -2.10. The average Bonchev–Trinajstić information content (AvgIpc) is 2.75. The first-order valence-corrected chi connectivity index (χ1v) is 11.7. The summed E-state index contributed by atoms with van der Waals surface area (Å²) in [4.78, 5) is 12.4. The number of nitrogens with one attached hydrogen (secondary N) is 2. The number of urea groups is 1. The van der Waals surface area contributed by atoms with Gasteiger partial charge >= 0.3 is 6.03 Å². The van der Waals surface area contributed by atoms with Crippen LogP contribution in [0.3, 0.4) is 0 Å². The highest BCUT2D eigenvalue weighted by atomic mass is 35.5. The Bertz CT molecular complexity index is 1200. The number of hydrogen-bond acceptors (Lipinski definition) is 4. The van der Waals surface area contributed by atoms with Gasteiger partial charge in [-0.2, -0.15) is 0 Å². The van der Waals surface area contributed by atoms with Crippen LogP contribution in [0.1, 0.15) is 5.56 Å². The second kappa shape index (κ2) is 10.0. The van der Waals surface area contributed by atoms with Crippen LogP contribution >= 0.6 is 23.2 Å². The van der Waals surface area contributed by atoms with Gasteiger partial charge in [-0.1, -0.05) is 41.4 Å². The molecule has 162 valence electrons. The van der Waals surface area contributed by atoms with Crippen LogP contribution in [0, 0.1) is 0 Å². The van der Waals surface area contributed by atoms with Crippen LogP contribution < -0.4 is 15.4 Å². The SMILES string of the molecule is COc1cccc(NC(=O)Nc2cccc(S(=O)(=O)CCc3ccc(Cl)c(Cl)c3)c2)c1. The van der Waals surface area contributed by atoms with Crippen LogP contribution in [0.5, 0.6) is 5.75 Å². The van der Waals surface area contributed by atoms with Gasteiger partial charge in [0.2, 0.25) is 0 Å². The van der Waals surface area contributed by atoms with Crippen LogP contribution in [0.25, 0.3) is 0 Å². The number of carbonyl (C=O) groups excluding carboxylic acids is 1. The largest absolute Gasteiger partial charge is 0.497 e. The molecule has 0 aliphatic carbocycles. The number of ether oxygens (including phenoxy) is 1. The van der Waals surface area contributed by atoms with Crippen molar-refractivity contribution >= 4 is 50.4 Å². The van der Waals surface area contributed by atoms with Crippen molar-refractivity contribution in [1.29, 1.82) is 0 Å². The number of methoxy groups -OCH3 is 1. The number of anilines is 2. The van der Waals surface area contributed by atoms with E-state index < -0.39 is 15.9 Å². The highest BCUT2D eigenvalue weighted by molar-refractivity contribution is 7.91. The van der Waals surface area contributed by atoms with Crippen molar-refractivity contribution < 1.29 is 17.9 Å². The molecule has 6 nitrogen and oxygen atoms in total. The van der Waals surface area contributed by atoms with Crippen molar-refractivity contribution in [3.8, 4) is 5.75 Å². The number of halogens is 2. The summed E-state index contributed by atoms with van der Waals surface area (Å²) < 4.78 is 30.6. The molecule has 0 atom stereocenters. The van der Waals surface area contributed by atoms with Crippen molar-refractivity contribution in [2.75, 3.05) is 23.5 Å². The zero-order valence-corrected chi connectivity index (χ0v) is 18.9. The van der Waals surface area contributed by atoms with Gasteiger partial charge in [-0.25, -0.2) is 13.2 Å². The second-order valence-corrected chi connectivity index (χ2v) is 9.58. The van der Waals surface area contributed by atoms with Gasteiger partial charge in [-0.15, -0.1) is 0 Å². The monoisotopic (exact) mass is 478 g/mol. The molecule has 0 aliphatic heterocycles. The number of aryl methyl sites for hydroxylation is 1. The van der Waals surface area contributed by atoms with E-state index in [1.807, 2.05) is 0 Å². The van der Waals surface area contributed by atoms with Crippen molar-refractivity contribution in [2.45, 2.75) is 11.3 Å². The van der Waals surface area contributed by atoms with Gasteiger partial charge in [-0.3, -0.25) is 0 Å². The van der Waals surface area contributed by atoms with E-state index in [1.54, 1.807) is 54.6 Å². The Morgan fingerprint density at radius 3 is 2.26 bits per heavy atom. The lowest BCUT2D eigenvalue weighted by molar-refractivity contribution is 0.262. The molecule has 0 radical (unpaired) electrons. The van der Waals surface area contributed by atoms with Gasteiger partial charge in [0.25, 0.3) is 0 Å². The molecule has 0 heterocycles. The number of carbonyl (C=O) groups is 1. The van der Waals surface area contributed by atoms with E-state index in [0.717, 1.165) is 5.56 Å². The number of sulfone groups is 1. The standard InChI is InChI=1S/C22H20Cl2N2O4S/c1-30-18-6-2-4-16(13-18)25-22(27)26-17-5-3-7-19(14-17)31(28,29)11-10-15-8-9-20(23)21(24)12-15/h2-9,12-14H,10-11H2,1H3,(H2,25,26,27). The second-order valence-electron chi connectivity index (χ2n) is 6.66. The topological polar surface area (TPSA) is 84.5 Å². The molecule has 0 spiro atoms. The summed E-state index contributed by atoms with van der Waals surface area (Å²) >= 11 is 11.9. The lowest BCUT2D eigenvalue weighted by Crippen LogP contribution is -2.19. The molecule has 0 saturated heterocycles. The molecule has 3 aromatic carbocycles. The summed E-state index contributed by atoms with van der Waals surface area (Å²) in [5, 5.41) is 6.11. The fourth-order valence-electron chi connectivity index (χ4n) is 2.83. The fourth-order valence-corrected chi connectivity index (χ4v) is 4.48. The highest BCUT2D eigenvalue weighted by Crippen LogP contribution is 2.24. The minimum atomic E-state index is -3.57. The summed E-state index contributed by atoms with van der Waals surface area (Å²) in [5.74, 6) is 0.498. The minimum absolute atomic E-state index is 0.107. The van der Waals surface area contributed by atoms with Crippen LogP contribution in [-0.2, 0) is 16.3 Å². The molecule has 31 heavy (non-hydrogen) atoms. The summed E-state index contributed by atoms with van der Waals surface area (Å²) in [6.07, 6.45) is 0.285. The van der Waals surface area contributed by atoms with E-state index in [9.17, 15) is 13.2 Å². The Hall–Kier alpha value is -2.74. The summed E-state index contributed by atoms with van der Waals surface area (Å²) in [6.45, 7) is 0. The van der Waals surface area contributed by atoms with Gasteiger partial charge in [-0.05, 0) is 54.4 Å². The molecule has 0 bridgehead atoms. The zero-order chi connectivity index (χ0) is 22.4. The molecule has 3 aromatic rings. The van der Waals surface area contributed by atoms with Crippen LogP contribution in [-0.4, -0.2) is 27.3 Å². The predicted octanol–water partition coefficient (Wildman–Crippen LogP) is 5.66. The third-order valence-corrected chi connectivity index (χ3v) is 6.87. The van der Waals surface area contributed by atoms with Crippen molar-refractivity contribution in [3.63, 3.8) is 0 Å². The van der Waals surface area contributed by atoms with Gasteiger partial charge in [0.05, 0.1) is 27.8 Å². The predicted molar refractivity (Wildman–Crippen MR) is 124 cm³/mol. The molecule has 0 fully saturated rings. The number of amides is 2. The third-order valence-electron chi connectivity index (χ3n) is 4.42. The van der Waals surface area contributed by atoms with Crippen LogP contribution in [0.15, 0.2) is 71.6 Å². The molecule has 0 aliphatic rings. The molecular formula is C22H20Cl2N2O4S. The smallest absolute Gasteiger partial charge is 0.323 e. The summed E-state index contributed by atoms with van der Waals surface area (Å²) in [5.41, 5.74) is 1.67. The highest BCUT2D eigenvalue weighted by Gasteiger charge is 2.16. The quantitative estimate of drug-likeness (QED) is 0.458. The van der Waals surface area contributed by atoms with Crippen LogP contribution in [0.4, 0.5) is 16.2 Å². The Morgan fingerprint density at radius 2 is 1.58 bits per heavy atom. The molecule has 2 amide bonds. The van der Waals surface area contributed by atoms with Crippen molar-refractivity contribution in [1.82, 2.24) is 0 Å². The van der Waals surface area contributed by atoms with E-state index in [-0.39, 0.29) is 17.1 Å². The van der Waals surface area contributed by atoms with E-state index in [4.69, 9.17) is 27.9 Å². The maximum absolute atomic E-state index is 12.8. The molecule has 9 heteroatoms. The van der Waals surface area contributed by atoms with Crippen molar-refractivity contribution in [2.24, 2.45) is 0 Å². The molecule has 0 aromatic heterocycles. The maximum atomic E-state index is 12.8. The van der Waals surface area contributed by atoms with Gasteiger partial charge in [0.15, 0.2) is 9.84 Å². The molecular weight excluding hydrogens is 459 g/mol. The Balaban J connectivity index is 1.66. The molecule has 3 rings (SSSR count). The first-order valence-electron chi connectivity index (χ1n) is 9.25. The van der Waals surface area contributed by atoms with E-state index >= 15 is 0 Å². The summed E-state index contributed by atoms with van der Waals surface area (Å²) in [7, 11) is -2.04. The number of benzene rings is 3. The van der Waals surface area contributed by atoms with E-state index in [0.29, 0.717) is 27.2 Å². The molecule has 0 saturated carbocycles. The summed E-state index contributed by atoms with van der Waals surface area (Å²) in [6, 6.07) is 17.5. The van der Waals surface area contributed by atoms with Crippen molar-refractivity contribution in [3.05, 3.63) is 82.3 Å². The average molecular weight is 479 g/mol. The van der Waals surface area contributed by atoms with Gasteiger partial charge < -0.3 is 15.4 Å². The van der Waals surface area contributed by atoms with E-state index in [1.165, 1.54) is 19.2 Å². The zero-order valence-electron chi connectivity index (χ0n) is 16.6. The first-order chi connectivity index (χ1) is 14.8. The Kier molecular flexibility index (Phi) is 7.43. The van der Waals surface area contributed by atoms with Crippen LogP contribution in [0.2, 0.25) is 10.0 Å². The minimum Gasteiger partial charge on any atom is -0.497 e. The third kappa shape index (κ3) is 6.37. The Morgan fingerprint density at radius 1 is 0.903 bits per heavy atom. The lowest BCUT2D eigenvalue weighted by atomic mass is 10.2. The number of rotatable bonds is 7. The molecule has 0 unspecified atom stereocenters. The Labute approximate surface area is 191 Å². The van der Waals surface area contributed by atoms with Gasteiger partial charge in [0.1, 0.15) is 5.75 Å². The fraction of sp³-hybridized carbons (Fsp3) is 0.136. The maximum Gasteiger partial charge on any atom is 0.323 e. The normalized spacial score (nSPS) is 11.1. The molecule has 2 N–H and O–H groups in total.